The largest absolute Gasteiger partial charge is 0.378 e. The topological polar surface area (TPSA) is 40.2 Å². The SMILES string of the molecule is C[C@@H](Nc1ccnc2ccc(N3CCNCC3)cc12)c1cccc(C(F)F)c1F. The summed E-state index contributed by atoms with van der Waals surface area (Å²) in [6.45, 7) is 5.49. The van der Waals surface area contributed by atoms with Crippen LogP contribution in [0.15, 0.2) is 48.7 Å². The first kappa shape index (κ1) is 19.5. The van der Waals surface area contributed by atoms with E-state index in [4.69, 9.17) is 0 Å². The molecule has 2 N–H and O–H groups in total. The fourth-order valence-corrected chi connectivity index (χ4v) is 3.76. The highest BCUT2D eigenvalue weighted by Gasteiger charge is 2.20. The number of rotatable bonds is 5. The summed E-state index contributed by atoms with van der Waals surface area (Å²) in [7, 11) is 0. The van der Waals surface area contributed by atoms with Gasteiger partial charge in [-0.1, -0.05) is 18.2 Å². The van der Waals surface area contributed by atoms with Crippen LogP contribution in [0.25, 0.3) is 10.9 Å². The van der Waals surface area contributed by atoms with Crippen LogP contribution >= 0.6 is 0 Å². The molecule has 1 aliphatic rings. The number of alkyl halides is 2. The highest BCUT2D eigenvalue weighted by atomic mass is 19.3. The number of aromatic nitrogens is 1. The molecule has 29 heavy (non-hydrogen) atoms. The summed E-state index contributed by atoms with van der Waals surface area (Å²) in [6.07, 6.45) is -1.15. The van der Waals surface area contributed by atoms with Crippen molar-refractivity contribution < 1.29 is 13.2 Å². The fourth-order valence-electron chi connectivity index (χ4n) is 3.76. The number of hydrogen-bond acceptors (Lipinski definition) is 4. The molecule has 0 unspecified atom stereocenters. The van der Waals surface area contributed by atoms with Crippen molar-refractivity contribution in [2.24, 2.45) is 0 Å². The first-order valence-corrected chi connectivity index (χ1v) is 9.72. The van der Waals surface area contributed by atoms with Crippen molar-refractivity contribution in [3.63, 3.8) is 0 Å². The molecule has 7 heteroatoms. The van der Waals surface area contributed by atoms with E-state index in [1.165, 1.54) is 12.1 Å². The van der Waals surface area contributed by atoms with E-state index in [0.717, 1.165) is 54.5 Å². The third-order valence-corrected chi connectivity index (χ3v) is 5.34. The lowest BCUT2D eigenvalue weighted by molar-refractivity contribution is 0.146. The molecule has 0 amide bonds. The normalized spacial score (nSPS) is 15.7. The summed E-state index contributed by atoms with van der Waals surface area (Å²) in [4.78, 5) is 6.73. The molecule has 0 spiro atoms. The van der Waals surface area contributed by atoms with Crippen molar-refractivity contribution in [1.29, 1.82) is 0 Å². The molecular formula is C22H23F3N4. The highest BCUT2D eigenvalue weighted by molar-refractivity contribution is 5.93. The van der Waals surface area contributed by atoms with Crippen LogP contribution in [-0.2, 0) is 0 Å². The number of halogens is 3. The number of piperazine rings is 1. The molecule has 1 fully saturated rings. The third kappa shape index (κ3) is 4.00. The lowest BCUT2D eigenvalue weighted by Crippen LogP contribution is -2.43. The van der Waals surface area contributed by atoms with Gasteiger partial charge < -0.3 is 15.5 Å². The van der Waals surface area contributed by atoms with Crippen molar-refractivity contribution in [3.05, 3.63) is 65.6 Å². The Morgan fingerprint density at radius 1 is 1.07 bits per heavy atom. The zero-order valence-electron chi connectivity index (χ0n) is 16.1. The summed E-state index contributed by atoms with van der Waals surface area (Å²) in [5.41, 5.74) is 2.36. The molecule has 1 aromatic heterocycles. The number of anilines is 2. The maximum Gasteiger partial charge on any atom is 0.266 e. The summed E-state index contributed by atoms with van der Waals surface area (Å²) >= 11 is 0. The van der Waals surface area contributed by atoms with E-state index in [-0.39, 0.29) is 5.56 Å². The number of fused-ring (bicyclic) bond motifs is 1. The minimum atomic E-state index is -2.84. The second-order valence-corrected chi connectivity index (χ2v) is 7.21. The van der Waals surface area contributed by atoms with Crippen molar-refractivity contribution in [2.75, 3.05) is 36.4 Å². The Bertz CT molecular complexity index is 1000. The standard InChI is InChI=1S/C22H23F3N4/c1-14(16-3-2-4-17(21(16)23)22(24)25)28-20-7-8-27-19-6-5-15(13-18(19)20)29-11-9-26-10-12-29/h2-8,13-14,22,26H,9-12H2,1H3,(H,27,28)/t14-/m1/s1. The van der Waals surface area contributed by atoms with E-state index in [1.54, 1.807) is 13.1 Å². The molecule has 0 bridgehead atoms. The smallest absolute Gasteiger partial charge is 0.266 e. The van der Waals surface area contributed by atoms with E-state index in [9.17, 15) is 13.2 Å². The van der Waals surface area contributed by atoms with Gasteiger partial charge in [-0.3, -0.25) is 4.98 Å². The van der Waals surface area contributed by atoms with Gasteiger partial charge in [0, 0.05) is 54.7 Å². The molecule has 0 radical (unpaired) electrons. The van der Waals surface area contributed by atoms with Gasteiger partial charge in [-0.15, -0.1) is 0 Å². The number of hydrogen-bond donors (Lipinski definition) is 2. The van der Waals surface area contributed by atoms with Gasteiger partial charge in [0.1, 0.15) is 5.82 Å². The zero-order valence-corrected chi connectivity index (χ0v) is 16.1. The van der Waals surface area contributed by atoms with Gasteiger partial charge in [-0.25, -0.2) is 13.2 Å². The van der Waals surface area contributed by atoms with Crippen molar-refractivity contribution in [2.45, 2.75) is 19.4 Å². The van der Waals surface area contributed by atoms with Gasteiger partial charge in [0.2, 0.25) is 0 Å². The van der Waals surface area contributed by atoms with E-state index < -0.39 is 23.8 Å². The van der Waals surface area contributed by atoms with Crippen molar-refractivity contribution in [3.8, 4) is 0 Å². The first-order chi connectivity index (χ1) is 14.0. The molecule has 3 aromatic rings. The Hall–Kier alpha value is -2.80. The van der Waals surface area contributed by atoms with Crippen molar-refractivity contribution in [1.82, 2.24) is 10.3 Å². The summed E-state index contributed by atoms with van der Waals surface area (Å²) in [5.74, 6) is -0.859. The van der Waals surface area contributed by atoms with E-state index in [2.05, 4.69) is 32.7 Å². The lowest BCUT2D eigenvalue weighted by Gasteiger charge is -2.29. The van der Waals surface area contributed by atoms with Gasteiger partial charge in [-0.05, 0) is 31.2 Å². The van der Waals surface area contributed by atoms with E-state index >= 15 is 0 Å². The minimum Gasteiger partial charge on any atom is -0.378 e. The zero-order chi connectivity index (χ0) is 20.4. The molecule has 2 heterocycles. The number of nitrogens with one attached hydrogen (secondary N) is 2. The van der Waals surface area contributed by atoms with Crippen LogP contribution in [0, 0.1) is 5.82 Å². The average molecular weight is 400 g/mol. The second-order valence-electron chi connectivity index (χ2n) is 7.21. The molecule has 1 saturated heterocycles. The number of nitrogens with zero attached hydrogens (tertiary/aromatic N) is 2. The van der Waals surface area contributed by atoms with Crippen LogP contribution in [0.4, 0.5) is 24.5 Å². The predicted molar refractivity (Wildman–Crippen MR) is 110 cm³/mol. The third-order valence-electron chi connectivity index (χ3n) is 5.34. The number of benzene rings is 2. The van der Waals surface area contributed by atoms with E-state index in [0.29, 0.717) is 0 Å². The molecule has 1 aliphatic heterocycles. The van der Waals surface area contributed by atoms with Gasteiger partial charge in [0.05, 0.1) is 17.1 Å². The van der Waals surface area contributed by atoms with Crippen LogP contribution < -0.4 is 15.5 Å². The molecule has 4 nitrogen and oxygen atoms in total. The van der Waals surface area contributed by atoms with Crippen LogP contribution in [0.5, 0.6) is 0 Å². The van der Waals surface area contributed by atoms with Gasteiger partial charge in [0.15, 0.2) is 0 Å². The van der Waals surface area contributed by atoms with Crippen LogP contribution in [-0.4, -0.2) is 31.2 Å². The Balaban J connectivity index is 1.66. The molecule has 4 rings (SSSR count). The summed E-state index contributed by atoms with van der Waals surface area (Å²) in [6, 6.07) is 11.6. The molecule has 1 atom stereocenters. The quantitative estimate of drug-likeness (QED) is 0.640. The fraction of sp³-hybridized carbons (Fsp3) is 0.318. The Morgan fingerprint density at radius 3 is 2.59 bits per heavy atom. The van der Waals surface area contributed by atoms with Crippen LogP contribution in [0.2, 0.25) is 0 Å². The molecule has 0 aliphatic carbocycles. The highest BCUT2D eigenvalue weighted by Crippen LogP contribution is 2.32. The summed E-state index contributed by atoms with van der Waals surface area (Å²) in [5, 5.41) is 7.54. The molecule has 0 saturated carbocycles. The molecule has 152 valence electrons. The monoisotopic (exact) mass is 400 g/mol. The first-order valence-electron chi connectivity index (χ1n) is 9.72. The maximum absolute atomic E-state index is 14.6. The van der Waals surface area contributed by atoms with Crippen molar-refractivity contribution >= 4 is 22.3 Å². The van der Waals surface area contributed by atoms with Gasteiger partial charge in [0.25, 0.3) is 6.43 Å². The Morgan fingerprint density at radius 2 is 1.83 bits per heavy atom. The molecule has 2 aromatic carbocycles. The second kappa shape index (κ2) is 8.29. The Kier molecular flexibility index (Phi) is 5.58. The number of pyridine rings is 1. The van der Waals surface area contributed by atoms with Gasteiger partial charge >= 0.3 is 0 Å². The summed E-state index contributed by atoms with van der Waals surface area (Å²) < 4.78 is 40.7. The predicted octanol–water partition coefficient (Wildman–Crippen LogP) is 4.89. The Labute approximate surface area is 167 Å². The van der Waals surface area contributed by atoms with Gasteiger partial charge in [-0.2, -0.15) is 0 Å². The maximum atomic E-state index is 14.6. The van der Waals surface area contributed by atoms with E-state index in [1.807, 2.05) is 12.1 Å². The van der Waals surface area contributed by atoms with Crippen LogP contribution in [0.3, 0.4) is 0 Å². The average Bonchev–Trinajstić information content (AvgIpc) is 2.74. The minimum absolute atomic E-state index is 0.214. The van der Waals surface area contributed by atoms with Crippen LogP contribution in [0.1, 0.15) is 30.5 Å². The molecular weight excluding hydrogens is 377 g/mol. The lowest BCUT2D eigenvalue weighted by atomic mass is 10.0.